The van der Waals surface area contributed by atoms with E-state index in [1.54, 1.807) is 12.1 Å². The van der Waals surface area contributed by atoms with E-state index in [4.69, 9.17) is 27.9 Å². The third-order valence-electron chi connectivity index (χ3n) is 2.56. The van der Waals surface area contributed by atoms with Crippen molar-refractivity contribution in [3.63, 3.8) is 0 Å². The number of rotatable bonds is 4. The average molecular weight is 364 g/mol. The van der Waals surface area contributed by atoms with Gasteiger partial charge in [-0.25, -0.2) is 4.39 Å². The number of hydrogen-bond donors (Lipinski definition) is 0. The van der Waals surface area contributed by atoms with E-state index in [0.717, 1.165) is 10.0 Å². The largest absolute Gasteiger partial charge is 0.489 e. The number of alkyl halides is 1. The molecule has 100 valence electrons. The van der Waals surface area contributed by atoms with E-state index in [-0.39, 0.29) is 12.4 Å². The number of halogens is 4. The predicted octanol–water partition coefficient (Wildman–Crippen LogP) is 5.56. The predicted molar refractivity (Wildman–Crippen MR) is 79.4 cm³/mol. The van der Waals surface area contributed by atoms with Crippen LogP contribution in [0.5, 0.6) is 5.75 Å². The van der Waals surface area contributed by atoms with Gasteiger partial charge in [0.25, 0.3) is 0 Å². The van der Waals surface area contributed by atoms with Crippen molar-refractivity contribution in [2.75, 3.05) is 0 Å². The smallest absolute Gasteiger partial charge is 0.129 e. The zero-order valence-corrected chi connectivity index (χ0v) is 12.9. The lowest BCUT2D eigenvalue weighted by Crippen LogP contribution is -1.99. The third-order valence-corrected chi connectivity index (χ3v) is 3.86. The molecule has 0 amide bonds. The Morgan fingerprint density at radius 2 is 1.89 bits per heavy atom. The van der Waals surface area contributed by atoms with Crippen molar-refractivity contribution in [3.05, 3.63) is 62.8 Å². The summed E-state index contributed by atoms with van der Waals surface area (Å²) in [5.74, 6) is 0.681. The fourth-order valence-electron chi connectivity index (χ4n) is 1.56. The van der Waals surface area contributed by atoms with E-state index in [0.29, 0.717) is 22.2 Å². The SMILES string of the molecule is Fc1ccc(Cl)cc1COc1ccc(Br)c(CCl)c1. The van der Waals surface area contributed by atoms with Crippen LogP contribution in [0.3, 0.4) is 0 Å². The van der Waals surface area contributed by atoms with E-state index in [1.807, 2.05) is 12.1 Å². The highest BCUT2D eigenvalue weighted by Gasteiger charge is 2.06. The topological polar surface area (TPSA) is 9.23 Å². The molecule has 2 aromatic carbocycles. The van der Waals surface area contributed by atoms with Crippen LogP contribution in [0.2, 0.25) is 5.02 Å². The van der Waals surface area contributed by atoms with Crippen LogP contribution in [-0.4, -0.2) is 0 Å². The molecule has 0 aliphatic carbocycles. The molecule has 0 aliphatic rings. The molecular weight excluding hydrogens is 354 g/mol. The van der Waals surface area contributed by atoms with Crippen LogP contribution >= 0.6 is 39.1 Å². The highest BCUT2D eigenvalue weighted by atomic mass is 79.9. The molecule has 0 fully saturated rings. The van der Waals surface area contributed by atoms with Crippen molar-refractivity contribution < 1.29 is 9.13 Å². The molecule has 19 heavy (non-hydrogen) atoms. The van der Waals surface area contributed by atoms with Gasteiger partial charge < -0.3 is 4.74 Å². The van der Waals surface area contributed by atoms with E-state index >= 15 is 0 Å². The molecule has 0 aliphatic heterocycles. The van der Waals surface area contributed by atoms with Crippen molar-refractivity contribution in [1.29, 1.82) is 0 Å². The first kappa shape index (κ1) is 14.6. The summed E-state index contributed by atoms with van der Waals surface area (Å²) in [4.78, 5) is 0. The van der Waals surface area contributed by atoms with Crippen LogP contribution < -0.4 is 4.74 Å². The van der Waals surface area contributed by atoms with Crippen molar-refractivity contribution >= 4 is 39.1 Å². The molecule has 0 saturated carbocycles. The molecule has 0 spiro atoms. The van der Waals surface area contributed by atoms with Crippen LogP contribution in [0.15, 0.2) is 40.9 Å². The van der Waals surface area contributed by atoms with Gasteiger partial charge in [0.05, 0.1) is 0 Å². The van der Waals surface area contributed by atoms with Crippen molar-refractivity contribution in [2.24, 2.45) is 0 Å². The van der Waals surface area contributed by atoms with Crippen LogP contribution in [0.4, 0.5) is 4.39 Å². The first-order valence-electron chi connectivity index (χ1n) is 5.51. The Morgan fingerprint density at radius 3 is 2.63 bits per heavy atom. The van der Waals surface area contributed by atoms with Gasteiger partial charge in [-0.05, 0) is 42.0 Å². The Bertz CT molecular complexity index is 590. The second-order valence-electron chi connectivity index (χ2n) is 3.91. The molecule has 0 heterocycles. The lowest BCUT2D eigenvalue weighted by atomic mass is 10.2. The molecule has 0 aromatic heterocycles. The number of hydrogen-bond acceptors (Lipinski definition) is 1. The molecule has 0 saturated heterocycles. The number of ether oxygens (including phenoxy) is 1. The van der Waals surface area contributed by atoms with Crippen LogP contribution in [0.1, 0.15) is 11.1 Å². The van der Waals surface area contributed by atoms with Gasteiger partial charge in [0, 0.05) is 20.9 Å². The van der Waals surface area contributed by atoms with Gasteiger partial charge in [0.2, 0.25) is 0 Å². The van der Waals surface area contributed by atoms with Gasteiger partial charge in [-0.15, -0.1) is 11.6 Å². The van der Waals surface area contributed by atoms with Gasteiger partial charge >= 0.3 is 0 Å². The normalized spacial score (nSPS) is 10.5. The minimum Gasteiger partial charge on any atom is -0.489 e. The highest BCUT2D eigenvalue weighted by molar-refractivity contribution is 9.10. The Balaban J connectivity index is 2.12. The fraction of sp³-hybridized carbons (Fsp3) is 0.143. The average Bonchev–Trinajstić information content (AvgIpc) is 2.41. The zero-order valence-electron chi connectivity index (χ0n) is 9.80. The molecule has 5 heteroatoms. The first-order chi connectivity index (χ1) is 9.10. The van der Waals surface area contributed by atoms with Gasteiger partial charge in [-0.2, -0.15) is 0 Å². The molecule has 0 atom stereocenters. The zero-order chi connectivity index (χ0) is 13.8. The maximum absolute atomic E-state index is 13.5. The van der Waals surface area contributed by atoms with Gasteiger partial charge in [-0.3, -0.25) is 0 Å². The molecule has 1 nitrogen and oxygen atoms in total. The summed E-state index contributed by atoms with van der Waals surface area (Å²) in [6.45, 7) is 0.121. The van der Waals surface area contributed by atoms with Crippen molar-refractivity contribution in [1.82, 2.24) is 0 Å². The van der Waals surface area contributed by atoms with Gasteiger partial charge in [0.1, 0.15) is 18.2 Å². The minimum atomic E-state index is -0.334. The summed E-state index contributed by atoms with van der Waals surface area (Å²) in [5.41, 5.74) is 1.34. The summed E-state index contributed by atoms with van der Waals surface area (Å²) >= 11 is 15.0. The fourth-order valence-corrected chi connectivity index (χ4v) is 2.52. The quantitative estimate of drug-likeness (QED) is 0.646. The Kier molecular flexibility index (Phi) is 5.08. The Morgan fingerprint density at radius 1 is 1.11 bits per heavy atom. The maximum atomic E-state index is 13.5. The highest BCUT2D eigenvalue weighted by Crippen LogP contribution is 2.25. The summed E-state index contributed by atoms with van der Waals surface area (Å²) in [7, 11) is 0. The molecular formula is C14H10BrCl2FO. The van der Waals surface area contributed by atoms with Crippen molar-refractivity contribution in [3.8, 4) is 5.75 Å². The van der Waals surface area contributed by atoms with E-state index in [2.05, 4.69) is 15.9 Å². The van der Waals surface area contributed by atoms with E-state index < -0.39 is 0 Å². The second kappa shape index (κ2) is 6.60. The monoisotopic (exact) mass is 362 g/mol. The summed E-state index contributed by atoms with van der Waals surface area (Å²) in [6.07, 6.45) is 0. The first-order valence-corrected chi connectivity index (χ1v) is 7.22. The van der Waals surface area contributed by atoms with E-state index in [1.165, 1.54) is 12.1 Å². The molecule has 0 bridgehead atoms. The Labute approximate surface area is 129 Å². The van der Waals surface area contributed by atoms with Crippen LogP contribution in [0, 0.1) is 5.82 Å². The minimum absolute atomic E-state index is 0.121. The molecule has 0 unspecified atom stereocenters. The molecule has 0 radical (unpaired) electrons. The lowest BCUT2D eigenvalue weighted by molar-refractivity contribution is 0.299. The maximum Gasteiger partial charge on any atom is 0.129 e. The molecule has 2 aromatic rings. The van der Waals surface area contributed by atoms with Crippen LogP contribution in [0.25, 0.3) is 0 Å². The second-order valence-corrected chi connectivity index (χ2v) is 5.47. The summed E-state index contributed by atoms with van der Waals surface area (Å²) in [6, 6.07) is 9.85. The van der Waals surface area contributed by atoms with Crippen LogP contribution in [-0.2, 0) is 12.5 Å². The lowest BCUT2D eigenvalue weighted by Gasteiger charge is -2.09. The standard InChI is InChI=1S/C14H10BrCl2FO/c15-13-3-2-12(6-9(13)7-16)19-8-10-5-11(17)1-4-14(10)18/h1-6H,7-8H2. The van der Waals surface area contributed by atoms with Crippen molar-refractivity contribution in [2.45, 2.75) is 12.5 Å². The van der Waals surface area contributed by atoms with Gasteiger partial charge in [0.15, 0.2) is 0 Å². The summed E-state index contributed by atoms with van der Waals surface area (Å²) in [5, 5.41) is 0.484. The van der Waals surface area contributed by atoms with E-state index in [9.17, 15) is 4.39 Å². The van der Waals surface area contributed by atoms with Gasteiger partial charge in [-0.1, -0.05) is 27.5 Å². The molecule has 0 N–H and O–H groups in total. The number of benzene rings is 2. The summed E-state index contributed by atoms with van der Waals surface area (Å²) < 4.78 is 20.0. The Hall–Kier alpha value is -0.770. The molecule has 2 rings (SSSR count). The third kappa shape index (κ3) is 3.85.